The average Bonchev–Trinajstić information content (AvgIpc) is 3.39. The highest BCUT2D eigenvalue weighted by atomic mass is 32.2. The fraction of sp³-hybridized carbons (Fsp3) is 0.368. The Kier molecular flexibility index (Phi) is 4.76. The normalized spacial score (nSPS) is 16.4. The van der Waals surface area contributed by atoms with Crippen molar-refractivity contribution in [3.05, 3.63) is 45.8 Å². The first-order valence-corrected chi connectivity index (χ1v) is 11.3. The molecule has 2 aliphatic carbocycles. The molecule has 6 nitrogen and oxygen atoms in total. The van der Waals surface area contributed by atoms with Crippen molar-refractivity contribution in [1.82, 2.24) is 4.72 Å². The van der Waals surface area contributed by atoms with Crippen molar-refractivity contribution < 1.29 is 13.2 Å². The molecule has 2 aliphatic rings. The van der Waals surface area contributed by atoms with Gasteiger partial charge in [0.05, 0.1) is 10.5 Å². The van der Waals surface area contributed by atoms with Gasteiger partial charge >= 0.3 is 0 Å². The van der Waals surface area contributed by atoms with Crippen LogP contribution in [0.3, 0.4) is 0 Å². The number of nitrogens with zero attached hydrogens (tertiary/aromatic N) is 1. The summed E-state index contributed by atoms with van der Waals surface area (Å²) in [6, 6.07) is 8.20. The Morgan fingerprint density at radius 1 is 1.22 bits per heavy atom. The largest absolute Gasteiger partial charge is 0.312 e. The van der Waals surface area contributed by atoms with Gasteiger partial charge in [-0.25, -0.2) is 13.1 Å². The molecule has 1 amide bonds. The number of aryl methyl sites for hydroxylation is 1. The van der Waals surface area contributed by atoms with Gasteiger partial charge in [-0.05, 0) is 62.3 Å². The molecular formula is C19H19N3O3S2. The van der Waals surface area contributed by atoms with Crippen LogP contribution >= 0.6 is 11.3 Å². The van der Waals surface area contributed by atoms with E-state index in [2.05, 4.69) is 16.1 Å². The van der Waals surface area contributed by atoms with Crippen molar-refractivity contribution in [3.8, 4) is 6.07 Å². The standard InChI is InChI=1S/C19H19N3O3S2/c20-11-16-15-6-1-2-7-17(15)26-19(16)21-18(23)12-4-3-5-14(10-12)27(24,25)22-13-8-9-13/h3-5,10,13,22H,1-2,6-9H2,(H,21,23). The van der Waals surface area contributed by atoms with Crippen LogP contribution in [0.4, 0.5) is 5.00 Å². The highest BCUT2D eigenvalue weighted by Gasteiger charge is 2.28. The van der Waals surface area contributed by atoms with Gasteiger partial charge in [0.1, 0.15) is 11.1 Å². The maximum absolute atomic E-state index is 12.7. The van der Waals surface area contributed by atoms with Gasteiger partial charge in [0.15, 0.2) is 0 Å². The molecule has 0 saturated heterocycles. The van der Waals surface area contributed by atoms with Crippen LogP contribution in [-0.4, -0.2) is 20.4 Å². The topological polar surface area (TPSA) is 99.1 Å². The number of hydrogen-bond acceptors (Lipinski definition) is 5. The minimum absolute atomic E-state index is 0.00288. The van der Waals surface area contributed by atoms with Gasteiger partial charge in [-0.1, -0.05) is 6.07 Å². The number of carbonyl (C=O) groups is 1. The molecule has 1 aromatic heterocycles. The van der Waals surface area contributed by atoms with Crippen LogP contribution in [0.2, 0.25) is 0 Å². The lowest BCUT2D eigenvalue weighted by Gasteiger charge is -2.09. The first-order valence-electron chi connectivity index (χ1n) is 8.96. The van der Waals surface area contributed by atoms with Gasteiger partial charge in [0.25, 0.3) is 5.91 Å². The van der Waals surface area contributed by atoms with Crippen molar-refractivity contribution in [3.63, 3.8) is 0 Å². The SMILES string of the molecule is N#Cc1c(NC(=O)c2cccc(S(=O)(=O)NC3CC3)c2)sc2c1CCCC2. The van der Waals surface area contributed by atoms with Crippen LogP contribution < -0.4 is 10.0 Å². The highest BCUT2D eigenvalue weighted by Crippen LogP contribution is 2.37. The molecule has 4 rings (SSSR count). The summed E-state index contributed by atoms with van der Waals surface area (Å²) < 4.78 is 27.3. The molecule has 0 spiro atoms. The monoisotopic (exact) mass is 401 g/mol. The maximum atomic E-state index is 12.7. The molecule has 1 saturated carbocycles. The summed E-state index contributed by atoms with van der Waals surface area (Å²) in [5.41, 5.74) is 1.85. The zero-order valence-corrected chi connectivity index (χ0v) is 16.3. The fourth-order valence-electron chi connectivity index (χ4n) is 3.24. The molecule has 0 bridgehead atoms. The lowest BCUT2D eigenvalue weighted by atomic mass is 9.96. The molecule has 0 atom stereocenters. The minimum atomic E-state index is -3.62. The van der Waals surface area contributed by atoms with E-state index in [-0.39, 0.29) is 16.5 Å². The van der Waals surface area contributed by atoms with Crippen molar-refractivity contribution in [1.29, 1.82) is 5.26 Å². The van der Waals surface area contributed by atoms with E-state index in [0.29, 0.717) is 10.6 Å². The van der Waals surface area contributed by atoms with E-state index >= 15 is 0 Å². The van der Waals surface area contributed by atoms with E-state index in [4.69, 9.17) is 0 Å². The number of carbonyl (C=O) groups excluding carboxylic acids is 1. The molecular weight excluding hydrogens is 382 g/mol. The van der Waals surface area contributed by atoms with Gasteiger partial charge in [-0.3, -0.25) is 4.79 Å². The van der Waals surface area contributed by atoms with E-state index in [1.165, 1.54) is 23.5 Å². The van der Waals surface area contributed by atoms with Gasteiger partial charge in [0, 0.05) is 16.5 Å². The van der Waals surface area contributed by atoms with Crippen LogP contribution in [0.25, 0.3) is 0 Å². The highest BCUT2D eigenvalue weighted by molar-refractivity contribution is 7.89. The number of fused-ring (bicyclic) bond motifs is 1. The molecule has 140 valence electrons. The number of hydrogen-bond donors (Lipinski definition) is 2. The Morgan fingerprint density at radius 3 is 2.74 bits per heavy atom. The number of benzene rings is 1. The van der Waals surface area contributed by atoms with Crippen molar-refractivity contribution in [2.24, 2.45) is 0 Å². The van der Waals surface area contributed by atoms with Gasteiger partial charge in [0.2, 0.25) is 10.0 Å². The third kappa shape index (κ3) is 3.76. The summed E-state index contributed by atoms with van der Waals surface area (Å²) in [5.74, 6) is -0.409. The van der Waals surface area contributed by atoms with E-state index in [0.717, 1.165) is 49.0 Å². The Morgan fingerprint density at radius 2 is 2.00 bits per heavy atom. The number of rotatable bonds is 5. The van der Waals surface area contributed by atoms with Gasteiger partial charge < -0.3 is 5.32 Å². The first-order chi connectivity index (χ1) is 13.0. The zero-order chi connectivity index (χ0) is 19.0. The number of sulfonamides is 1. The second-order valence-electron chi connectivity index (χ2n) is 6.90. The van der Waals surface area contributed by atoms with Crippen molar-refractivity contribution >= 4 is 32.3 Å². The smallest absolute Gasteiger partial charge is 0.256 e. The molecule has 2 N–H and O–H groups in total. The number of anilines is 1. The molecule has 0 radical (unpaired) electrons. The third-order valence-corrected chi connectivity index (χ3v) is 7.54. The fourth-order valence-corrected chi connectivity index (χ4v) is 5.83. The number of amides is 1. The summed E-state index contributed by atoms with van der Waals surface area (Å²) >= 11 is 1.45. The summed E-state index contributed by atoms with van der Waals surface area (Å²) in [4.78, 5) is 13.9. The van der Waals surface area contributed by atoms with Crippen molar-refractivity contribution in [2.75, 3.05) is 5.32 Å². The molecule has 27 heavy (non-hydrogen) atoms. The second-order valence-corrected chi connectivity index (χ2v) is 9.72. The Bertz CT molecular complexity index is 1050. The summed E-state index contributed by atoms with van der Waals surface area (Å²) in [5, 5.41) is 12.9. The van der Waals surface area contributed by atoms with Crippen LogP contribution in [0, 0.1) is 11.3 Å². The molecule has 2 aromatic rings. The van der Waals surface area contributed by atoms with E-state index < -0.39 is 15.9 Å². The molecule has 0 aliphatic heterocycles. The van der Waals surface area contributed by atoms with E-state index in [1.54, 1.807) is 12.1 Å². The Hall–Kier alpha value is -2.21. The predicted molar refractivity (Wildman–Crippen MR) is 103 cm³/mol. The predicted octanol–water partition coefficient (Wildman–Crippen LogP) is 3.19. The summed E-state index contributed by atoms with van der Waals surface area (Å²) in [7, 11) is -3.62. The van der Waals surface area contributed by atoms with Crippen LogP contribution in [0.1, 0.15) is 52.0 Å². The van der Waals surface area contributed by atoms with E-state index in [1.807, 2.05) is 0 Å². The summed E-state index contributed by atoms with van der Waals surface area (Å²) in [6.07, 6.45) is 5.65. The quantitative estimate of drug-likeness (QED) is 0.804. The molecule has 0 unspecified atom stereocenters. The molecule has 1 fully saturated rings. The maximum Gasteiger partial charge on any atom is 0.256 e. The van der Waals surface area contributed by atoms with Gasteiger partial charge in [-0.2, -0.15) is 5.26 Å². The van der Waals surface area contributed by atoms with Crippen LogP contribution in [-0.2, 0) is 22.9 Å². The summed E-state index contributed by atoms with van der Waals surface area (Å²) in [6.45, 7) is 0. The molecule has 1 aromatic carbocycles. The zero-order valence-electron chi connectivity index (χ0n) is 14.6. The Balaban J connectivity index is 1.58. The van der Waals surface area contributed by atoms with E-state index in [9.17, 15) is 18.5 Å². The third-order valence-electron chi connectivity index (χ3n) is 4.82. The molecule has 1 heterocycles. The average molecular weight is 402 g/mol. The first kappa shape index (κ1) is 18.2. The van der Waals surface area contributed by atoms with Gasteiger partial charge in [-0.15, -0.1) is 11.3 Å². The number of nitrogens with one attached hydrogen (secondary N) is 2. The lowest BCUT2D eigenvalue weighted by molar-refractivity contribution is 0.102. The minimum Gasteiger partial charge on any atom is -0.312 e. The van der Waals surface area contributed by atoms with Crippen molar-refractivity contribution in [2.45, 2.75) is 49.5 Å². The second kappa shape index (κ2) is 7.08. The van der Waals surface area contributed by atoms with Crippen LogP contribution in [0.15, 0.2) is 29.2 Å². The lowest BCUT2D eigenvalue weighted by Crippen LogP contribution is -2.26. The molecule has 8 heteroatoms. The Labute approximate surface area is 162 Å². The number of thiophene rings is 1. The number of nitriles is 1. The van der Waals surface area contributed by atoms with Crippen LogP contribution in [0.5, 0.6) is 0 Å².